The first-order valence-corrected chi connectivity index (χ1v) is 7.33. The summed E-state index contributed by atoms with van der Waals surface area (Å²) in [5.74, 6) is -0.0382. The minimum atomic E-state index is -0.930. The van der Waals surface area contributed by atoms with Crippen LogP contribution in [-0.2, 0) is 9.59 Å². The highest BCUT2D eigenvalue weighted by Gasteiger charge is 2.57. The maximum absolute atomic E-state index is 12.5. The van der Waals surface area contributed by atoms with Crippen LogP contribution < -0.4 is 0 Å². The molecule has 2 rings (SSSR count). The molecule has 0 aromatic carbocycles. The largest absolute Gasteiger partial charge is 0.274 e. The number of nitriles is 1. The Morgan fingerprint density at radius 1 is 1.16 bits per heavy atom. The average Bonchev–Trinajstić information content (AvgIpc) is 2.96. The van der Waals surface area contributed by atoms with Gasteiger partial charge in [0.15, 0.2) is 0 Å². The zero-order valence-corrected chi connectivity index (χ0v) is 12.0. The van der Waals surface area contributed by atoms with Gasteiger partial charge in [-0.15, -0.1) is 0 Å². The number of carbonyl (C=O) groups excluding carboxylic acids is 2. The third kappa shape index (κ3) is 1.87. The van der Waals surface area contributed by atoms with Crippen LogP contribution in [0.2, 0.25) is 0 Å². The first-order chi connectivity index (χ1) is 9.04. The molecule has 1 saturated carbocycles. The van der Waals surface area contributed by atoms with Gasteiger partial charge in [-0.05, 0) is 31.6 Å². The Morgan fingerprint density at radius 3 is 1.95 bits per heavy atom. The fourth-order valence-electron chi connectivity index (χ4n) is 3.66. The Hall–Kier alpha value is -1.37. The Kier molecular flexibility index (Phi) is 3.66. The molecule has 4 heteroatoms. The van der Waals surface area contributed by atoms with Crippen molar-refractivity contribution in [2.45, 2.75) is 58.4 Å². The molecule has 2 fully saturated rings. The summed E-state index contributed by atoms with van der Waals surface area (Å²) in [7, 11) is 0. The van der Waals surface area contributed by atoms with E-state index >= 15 is 0 Å². The van der Waals surface area contributed by atoms with Gasteiger partial charge in [0.1, 0.15) is 5.54 Å². The molecule has 0 spiro atoms. The van der Waals surface area contributed by atoms with Crippen molar-refractivity contribution in [2.24, 2.45) is 17.8 Å². The number of hydrogen-bond acceptors (Lipinski definition) is 3. The van der Waals surface area contributed by atoms with E-state index in [1.165, 1.54) is 4.90 Å². The third-order valence-corrected chi connectivity index (χ3v) is 5.12. The minimum absolute atomic E-state index is 0.101. The fraction of sp³-hybridized carbons (Fsp3) is 0.800. The lowest BCUT2D eigenvalue weighted by Gasteiger charge is -2.33. The summed E-state index contributed by atoms with van der Waals surface area (Å²) in [6.07, 6.45) is 3.68. The van der Waals surface area contributed by atoms with Gasteiger partial charge in [-0.3, -0.25) is 14.5 Å². The first-order valence-electron chi connectivity index (χ1n) is 7.33. The number of nitrogens with zero attached hydrogens (tertiary/aromatic N) is 2. The van der Waals surface area contributed by atoms with Crippen molar-refractivity contribution in [2.75, 3.05) is 0 Å². The maximum atomic E-state index is 12.5. The van der Waals surface area contributed by atoms with Crippen LogP contribution in [0.3, 0.4) is 0 Å². The van der Waals surface area contributed by atoms with Gasteiger partial charge in [0.25, 0.3) is 0 Å². The molecule has 1 aliphatic carbocycles. The molecular formula is C15H22N2O2. The summed E-state index contributed by atoms with van der Waals surface area (Å²) in [4.78, 5) is 26.4. The van der Waals surface area contributed by atoms with E-state index in [0.29, 0.717) is 18.8 Å². The Balaban J connectivity index is 2.31. The molecule has 1 aliphatic heterocycles. The molecule has 19 heavy (non-hydrogen) atoms. The van der Waals surface area contributed by atoms with Crippen molar-refractivity contribution in [3.05, 3.63) is 0 Å². The van der Waals surface area contributed by atoms with E-state index in [0.717, 1.165) is 19.3 Å². The van der Waals surface area contributed by atoms with Crippen LogP contribution in [0, 0.1) is 29.1 Å². The molecule has 1 saturated heterocycles. The SMILES string of the molecule is CCC1CC2C(=O)N(C(C#N)(CC)CC)C(=O)C2C1. The van der Waals surface area contributed by atoms with E-state index in [-0.39, 0.29) is 23.7 Å². The predicted octanol–water partition coefficient (Wildman–Crippen LogP) is 2.49. The van der Waals surface area contributed by atoms with Crippen LogP contribution in [0.5, 0.6) is 0 Å². The molecule has 0 aromatic rings. The van der Waals surface area contributed by atoms with Crippen molar-refractivity contribution in [3.63, 3.8) is 0 Å². The number of carbonyl (C=O) groups is 2. The molecule has 0 bridgehead atoms. The van der Waals surface area contributed by atoms with Crippen LogP contribution in [0.15, 0.2) is 0 Å². The van der Waals surface area contributed by atoms with Gasteiger partial charge in [-0.25, -0.2) is 0 Å². The van der Waals surface area contributed by atoms with Gasteiger partial charge in [0, 0.05) is 0 Å². The van der Waals surface area contributed by atoms with Crippen LogP contribution in [0.4, 0.5) is 0 Å². The number of likely N-dealkylation sites (tertiary alicyclic amines) is 1. The van der Waals surface area contributed by atoms with E-state index in [2.05, 4.69) is 13.0 Å². The molecular weight excluding hydrogens is 240 g/mol. The topological polar surface area (TPSA) is 61.2 Å². The second-order valence-electron chi connectivity index (χ2n) is 5.82. The smallest absolute Gasteiger partial charge is 0.234 e. The minimum Gasteiger partial charge on any atom is -0.274 e. The van der Waals surface area contributed by atoms with Crippen LogP contribution >= 0.6 is 0 Å². The number of hydrogen-bond donors (Lipinski definition) is 0. The molecule has 2 atom stereocenters. The Morgan fingerprint density at radius 2 is 1.63 bits per heavy atom. The van der Waals surface area contributed by atoms with Gasteiger partial charge >= 0.3 is 0 Å². The quantitative estimate of drug-likeness (QED) is 0.731. The summed E-state index contributed by atoms with van der Waals surface area (Å²) in [5.41, 5.74) is -0.930. The summed E-state index contributed by atoms with van der Waals surface area (Å²) >= 11 is 0. The average molecular weight is 262 g/mol. The Labute approximate surface area is 114 Å². The molecule has 2 unspecified atom stereocenters. The zero-order valence-electron chi connectivity index (χ0n) is 12.0. The molecule has 2 amide bonds. The first kappa shape index (κ1) is 14.0. The summed E-state index contributed by atoms with van der Waals surface area (Å²) in [6.45, 7) is 5.85. The maximum Gasteiger partial charge on any atom is 0.234 e. The Bertz CT molecular complexity index is 410. The molecule has 0 aromatic heterocycles. The van der Waals surface area contributed by atoms with Crippen molar-refractivity contribution < 1.29 is 9.59 Å². The van der Waals surface area contributed by atoms with Crippen molar-refractivity contribution in [1.82, 2.24) is 4.90 Å². The summed E-state index contributed by atoms with van der Waals surface area (Å²) < 4.78 is 0. The second kappa shape index (κ2) is 4.96. The van der Waals surface area contributed by atoms with Gasteiger partial charge < -0.3 is 0 Å². The number of amides is 2. The normalized spacial score (nSPS) is 30.6. The highest BCUT2D eigenvalue weighted by atomic mass is 16.2. The number of imide groups is 1. The van der Waals surface area contributed by atoms with Gasteiger partial charge in [0.2, 0.25) is 11.8 Å². The standard InChI is InChI=1S/C15H22N2O2/c1-4-10-7-11-12(8-10)14(19)17(13(11)18)15(5-2,6-3)9-16/h10-12H,4-8H2,1-3H3. The van der Waals surface area contributed by atoms with E-state index < -0.39 is 5.54 Å². The highest BCUT2D eigenvalue weighted by Crippen LogP contribution is 2.47. The lowest BCUT2D eigenvalue weighted by Crippen LogP contribution is -2.51. The fourth-order valence-corrected chi connectivity index (χ4v) is 3.66. The zero-order chi connectivity index (χ0) is 14.2. The van der Waals surface area contributed by atoms with Crippen molar-refractivity contribution >= 4 is 11.8 Å². The van der Waals surface area contributed by atoms with E-state index in [4.69, 9.17) is 0 Å². The van der Waals surface area contributed by atoms with Crippen LogP contribution in [-0.4, -0.2) is 22.3 Å². The number of fused-ring (bicyclic) bond motifs is 1. The van der Waals surface area contributed by atoms with Crippen LogP contribution in [0.1, 0.15) is 52.9 Å². The van der Waals surface area contributed by atoms with E-state index in [9.17, 15) is 14.9 Å². The lowest BCUT2D eigenvalue weighted by molar-refractivity contribution is -0.146. The van der Waals surface area contributed by atoms with Crippen molar-refractivity contribution in [1.29, 1.82) is 5.26 Å². The lowest BCUT2D eigenvalue weighted by atomic mass is 9.91. The summed E-state index contributed by atoms with van der Waals surface area (Å²) in [5, 5.41) is 9.44. The van der Waals surface area contributed by atoms with Gasteiger partial charge in [-0.1, -0.05) is 27.2 Å². The van der Waals surface area contributed by atoms with Crippen LogP contribution in [0.25, 0.3) is 0 Å². The summed E-state index contributed by atoms with van der Waals surface area (Å²) in [6, 6.07) is 2.22. The monoisotopic (exact) mass is 262 g/mol. The van der Waals surface area contributed by atoms with E-state index in [1.807, 2.05) is 13.8 Å². The second-order valence-corrected chi connectivity index (χ2v) is 5.82. The molecule has 0 N–H and O–H groups in total. The molecule has 2 aliphatic rings. The number of rotatable bonds is 4. The van der Waals surface area contributed by atoms with Crippen molar-refractivity contribution in [3.8, 4) is 6.07 Å². The molecule has 1 heterocycles. The molecule has 4 nitrogen and oxygen atoms in total. The van der Waals surface area contributed by atoms with Gasteiger partial charge in [-0.2, -0.15) is 5.26 Å². The highest BCUT2D eigenvalue weighted by molar-refractivity contribution is 6.06. The van der Waals surface area contributed by atoms with E-state index in [1.54, 1.807) is 0 Å². The molecule has 104 valence electrons. The van der Waals surface area contributed by atoms with Gasteiger partial charge in [0.05, 0.1) is 17.9 Å². The molecule has 0 radical (unpaired) electrons. The predicted molar refractivity (Wildman–Crippen MR) is 70.8 cm³/mol. The third-order valence-electron chi connectivity index (χ3n) is 5.12.